The van der Waals surface area contributed by atoms with E-state index in [0.717, 1.165) is 16.9 Å². The lowest BCUT2D eigenvalue weighted by molar-refractivity contribution is 0.324. The lowest BCUT2D eigenvalue weighted by atomic mass is 10.2. The Labute approximate surface area is 158 Å². The number of ether oxygens (including phenoxy) is 3. The highest BCUT2D eigenvalue weighted by Gasteiger charge is 2.14. The maximum Gasteiger partial charge on any atom is 0.229 e. The normalized spacial score (nSPS) is 10.2. The van der Waals surface area contributed by atoms with Gasteiger partial charge >= 0.3 is 0 Å². The summed E-state index contributed by atoms with van der Waals surface area (Å²) < 4.78 is 16.1. The number of nitrogens with zero attached hydrogens (tertiary/aromatic N) is 2. The fraction of sp³-hybridized carbons (Fsp3) is 0.200. The zero-order valence-electron chi connectivity index (χ0n) is 15.7. The summed E-state index contributed by atoms with van der Waals surface area (Å²) in [6.07, 6.45) is 1.69. The summed E-state index contributed by atoms with van der Waals surface area (Å²) in [5.41, 5.74) is 2.85. The van der Waals surface area contributed by atoms with E-state index in [-0.39, 0.29) is 0 Å². The van der Waals surface area contributed by atoms with Crippen molar-refractivity contribution in [3.8, 4) is 17.2 Å². The quantitative estimate of drug-likeness (QED) is 0.645. The largest absolute Gasteiger partial charge is 0.493 e. The molecule has 0 saturated carbocycles. The van der Waals surface area contributed by atoms with Crippen molar-refractivity contribution >= 4 is 23.1 Å². The van der Waals surface area contributed by atoms with Crippen molar-refractivity contribution in [2.75, 3.05) is 32.0 Å². The number of aromatic nitrogens is 2. The van der Waals surface area contributed by atoms with Gasteiger partial charge in [-0.25, -0.2) is 4.98 Å². The van der Waals surface area contributed by atoms with Crippen LogP contribution in [0.15, 0.2) is 48.7 Å². The third-order valence-electron chi connectivity index (χ3n) is 3.98. The predicted molar refractivity (Wildman–Crippen MR) is 106 cm³/mol. The molecule has 0 radical (unpaired) electrons. The van der Waals surface area contributed by atoms with Crippen molar-refractivity contribution in [3.05, 3.63) is 54.2 Å². The molecule has 0 unspecified atom stereocenters. The zero-order valence-corrected chi connectivity index (χ0v) is 15.7. The van der Waals surface area contributed by atoms with Crippen LogP contribution in [-0.4, -0.2) is 31.3 Å². The van der Waals surface area contributed by atoms with Crippen molar-refractivity contribution < 1.29 is 14.2 Å². The van der Waals surface area contributed by atoms with Gasteiger partial charge in [0.15, 0.2) is 11.5 Å². The second kappa shape index (κ2) is 8.27. The molecule has 0 bridgehead atoms. The molecule has 1 aromatic heterocycles. The van der Waals surface area contributed by atoms with Crippen LogP contribution in [0.4, 0.5) is 23.1 Å². The molecule has 0 spiro atoms. The molecule has 1 heterocycles. The molecule has 3 aromatic rings. The Balaban J connectivity index is 1.85. The first-order valence-electron chi connectivity index (χ1n) is 8.37. The fourth-order valence-corrected chi connectivity index (χ4v) is 2.62. The highest BCUT2D eigenvalue weighted by Crippen LogP contribution is 2.40. The molecule has 0 aliphatic carbocycles. The minimum absolute atomic E-state index is 0.447. The highest BCUT2D eigenvalue weighted by molar-refractivity contribution is 5.67. The number of hydrogen-bond donors (Lipinski definition) is 2. The molecule has 0 saturated heterocycles. The Bertz CT molecular complexity index is 906. The van der Waals surface area contributed by atoms with Gasteiger partial charge in [0.1, 0.15) is 5.82 Å². The SMILES string of the molecule is COc1cc(Nc2nccc(Nc3ccccc3C)n2)cc(OC)c1OC. The van der Waals surface area contributed by atoms with E-state index in [1.165, 1.54) is 0 Å². The third kappa shape index (κ3) is 4.20. The van der Waals surface area contributed by atoms with Gasteiger partial charge in [0, 0.05) is 29.7 Å². The van der Waals surface area contributed by atoms with Gasteiger partial charge in [-0.2, -0.15) is 4.98 Å². The van der Waals surface area contributed by atoms with Gasteiger partial charge in [0.25, 0.3) is 0 Å². The predicted octanol–water partition coefficient (Wildman–Crippen LogP) is 4.30. The molecule has 27 heavy (non-hydrogen) atoms. The number of methoxy groups -OCH3 is 3. The molecule has 3 rings (SSSR count). The van der Waals surface area contributed by atoms with Crippen LogP contribution in [0, 0.1) is 6.92 Å². The highest BCUT2D eigenvalue weighted by atomic mass is 16.5. The lowest BCUT2D eigenvalue weighted by Gasteiger charge is -2.15. The smallest absolute Gasteiger partial charge is 0.229 e. The van der Waals surface area contributed by atoms with Gasteiger partial charge in [-0.05, 0) is 24.6 Å². The summed E-state index contributed by atoms with van der Waals surface area (Å²) in [5.74, 6) is 2.76. The van der Waals surface area contributed by atoms with E-state index in [2.05, 4.69) is 20.6 Å². The van der Waals surface area contributed by atoms with Crippen molar-refractivity contribution in [2.24, 2.45) is 0 Å². The summed E-state index contributed by atoms with van der Waals surface area (Å²) in [6.45, 7) is 2.04. The average Bonchev–Trinajstić information content (AvgIpc) is 2.69. The summed E-state index contributed by atoms with van der Waals surface area (Å²) in [7, 11) is 4.71. The first kappa shape index (κ1) is 18.3. The van der Waals surface area contributed by atoms with Crippen LogP contribution in [0.1, 0.15) is 5.56 Å². The topological polar surface area (TPSA) is 77.5 Å². The van der Waals surface area contributed by atoms with E-state index < -0.39 is 0 Å². The van der Waals surface area contributed by atoms with Crippen molar-refractivity contribution in [1.82, 2.24) is 9.97 Å². The standard InChI is InChI=1S/C20H22N4O3/c1-13-7-5-6-8-15(13)23-18-9-10-21-20(24-18)22-14-11-16(25-2)19(27-4)17(12-14)26-3/h5-12H,1-4H3,(H2,21,22,23,24). The van der Waals surface area contributed by atoms with Crippen molar-refractivity contribution in [2.45, 2.75) is 6.92 Å². The number of rotatable bonds is 7. The van der Waals surface area contributed by atoms with Crippen LogP contribution < -0.4 is 24.8 Å². The lowest BCUT2D eigenvalue weighted by Crippen LogP contribution is -2.02. The number of aryl methyl sites for hydroxylation is 1. The number of para-hydroxylation sites is 1. The monoisotopic (exact) mass is 366 g/mol. The minimum atomic E-state index is 0.447. The van der Waals surface area contributed by atoms with Crippen LogP contribution in [-0.2, 0) is 0 Å². The Morgan fingerprint density at radius 2 is 1.56 bits per heavy atom. The summed E-state index contributed by atoms with van der Waals surface area (Å²) in [4.78, 5) is 8.79. The van der Waals surface area contributed by atoms with E-state index in [1.807, 2.05) is 37.3 Å². The first-order chi connectivity index (χ1) is 13.1. The van der Waals surface area contributed by atoms with E-state index in [0.29, 0.717) is 29.0 Å². The molecular formula is C20H22N4O3. The second-order valence-corrected chi connectivity index (χ2v) is 5.74. The molecule has 2 N–H and O–H groups in total. The van der Waals surface area contributed by atoms with Crippen LogP contribution in [0.5, 0.6) is 17.2 Å². The Morgan fingerprint density at radius 1 is 0.852 bits per heavy atom. The molecule has 7 nitrogen and oxygen atoms in total. The number of hydrogen-bond acceptors (Lipinski definition) is 7. The summed E-state index contributed by atoms with van der Waals surface area (Å²) in [5, 5.41) is 6.47. The first-order valence-corrected chi connectivity index (χ1v) is 8.37. The summed E-state index contributed by atoms with van der Waals surface area (Å²) >= 11 is 0. The molecule has 0 aliphatic heterocycles. The maximum absolute atomic E-state index is 5.37. The molecule has 7 heteroatoms. The van der Waals surface area contributed by atoms with E-state index in [1.54, 1.807) is 39.7 Å². The average molecular weight is 366 g/mol. The number of benzene rings is 2. The van der Waals surface area contributed by atoms with Gasteiger partial charge in [-0.3, -0.25) is 0 Å². The number of anilines is 4. The van der Waals surface area contributed by atoms with Gasteiger partial charge in [-0.15, -0.1) is 0 Å². The van der Waals surface area contributed by atoms with Gasteiger partial charge in [0.2, 0.25) is 11.7 Å². The van der Waals surface area contributed by atoms with Crippen LogP contribution in [0.3, 0.4) is 0 Å². The second-order valence-electron chi connectivity index (χ2n) is 5.74. The molecule has 2 aromatic carbocycles. The maximum atomic E-state index is 5.37. The molecule has 0 aliphatic rings. The molecule has 0 fully saturated rings. The molecular weight excluding hydrogens is 344 g/mol. The van der Waals surface area contributed by atoms with Crippen molar-refractivity contribution in [1.29, 1.82) is 0 Å². The molecule has 140 valence electrons. The Hall–Kier alpha value is -3.48. The summed E-state index contributed by atoms with van der Waals surface area (Å²) in [6, 6.07) is 13.4. The van der Waals surface area contributed by atoms with Crippen LogP contribution in [0.2, 0.25) is 0 Å². The van der Waals surface area contributed by atoms with Crippen LogP contribution >= 0.6 is 0 Å². The van der Waals surface area contributed by atoms with E-state index in [9.17, 15) is 0 Å². The molecule has 0 amide bonds. The minimum Gasteiger partial charge on any atom is -0.493 e. The van der Waals surface area contributed by atoms with Gasteiger partial charge in [-0.1, -0.05) is 18.2 Å². The third-order valence-corrected chi connectivity index (χ3v) is 3.98. The van der Waals surface area contributed by atoms with Crippen molar-refractivity contribution in [3.63, 3.8) is 0 Å². The number of nitrogens with one attached hydrogen (secondary N) is 2. The fourth-order valence-electron chi connectivity index (χ4n) is 2.62. The van der Waals surface area contributed by atoms with Gasteiger partial charge in [0.05, 0.1) is 21.3 Å². The van der Waals surface area contributed by atoms with Gasteiger partial charge < -0.3 is 24.8 Å². The van der Waals surface area contributed by atoms with Crippen LogP contribution in [0.25, 0.3) is 0 Å². The van der Waals surface area contributed by atoms with E-state index >= 15 is 0 Å². The molecule has 0 atom stereocenters. The van der Waals surface area contributed by atoms with E-state index in [4.69, 9.17) is 14.2 Å². The zero-order chi connectivity index (χ0) is 19.2. The Morgan fingerprint density at radius 3 is 2.19 bits per heavy atom. The Kier molecular flexibility index (Phi) is 5.61.